The average molecular weight is 468 g/mol. The largest absolute Gasteiger partial charge is 0.872 e. The van der Waals surface area contributed by atoms with Crippen molar-refractivity contribution in [1.29, 1.82) is 0 Å². The van der Waals surface area contributed by atoms with E-state index in [1.807, 2.05) is 0 Å². The van der Waals surface area contributed by atoms with Gasteiger partial charge in [-0.05, 0) is 49.2 Å². The minimum Gasteiger partial charge on any atom is -0.872 e. The Morgan fingerprint density at radius 3 is 2.21 bits per heavy atom. The van der Waals surface area contributed by atoms with Crippen molar-refractivity contribution in [3.63, 3.8) is 0 Å². The molecule has 2 aromatic rings. The maximum atomic E-state index is 13.4. The number of non-ortho nitro benzene ring substituents is 1. The van der Waals surface area contributed by atoms with E-state index in [2.05, 4.69) is 13.8 Å². The number of benzene rings is 2. The quantitative estimate of drug-likeness (QED) is 0.184. The molecule has 180 valence electrons. The van der Waals surface area contributed by atoms with E-state index in [1.54, 1.807) is 24.3 Å². The normalized spacial score (nSPS) is 17.4. The van der Waals surface area contributed by atoms with Crippen LogP contribution >= 0.6 is 0 Å². The molecule has 1 atom stereocenters. The van der Waals surface area contributed by atoms with Crippen molar-refractivity contribution < 1.29 is 29.3 Å². The van der Waals surface area contributed by atoms with E-state index in [9.17, 15) is 24.8 Å². The van der Waals surface area contributed by atoms with E-state index in [0.29, 0.717) is 24.3 Å². The van der Waals surface area contributed by atoms with Gasteiger partial charge in [0.2, 0.25) is 5.78 Å². The van der Waals surface area contributed by atoms with Gasteiger partial charge >= 0.3 is 0 Å². The lowest BCUT2D eigenvalue weighted by Crippen LogP contribution is -3.11. The zero-order valence-corrected chi connectivity index (χ0v) is 19.6. The predicted octanol–water partition coefficient (Wildman–Crippen LogP) is 1.14. The van der Waals surface area contributed by atoms with E-state index in [4.69, 9.17) is 4.74 Å². The van der Waals surface area contributed by atoms with E-state index >= 15 is 0 Å². The van der Waals surface area contributed by atoms with Crippen LogP contribution in [0.15, 0.2) is 54.1 Å². The molecule has 1 aliphatic heterocycles. The number of hydrogen-bond acceptors (Lipinski definition) is 6. The molecule has 9 heteroatoms. The van der Waals surface area contributed by atoms with Gasteiger partial charge in [0.05, 0.1) is 37.7 Å². The number of ketones is 1. The number of carbonyl (C=O) groups excluding carboxylic acids is 2. The Labute approximate surface area is 198 Å². The number of nitro benzene ring substituents is 1. The number of hydrogen-bond donors (Lipinski definition) is 1. The summed E-state index contributed by atoms with van der Waals surface area (Å²) in [6.07, 6.45) is 0.656. The number of amides is 1. The van der Waals surface area contributed by atoms with Crippen molar-refractivity contribution in [2.24, 2.45) is 0 Å². The highest BCUT2D eigenvalue weighted by Gasteiger charge is 2.44. The average Bonchev–Trinajstić information content (AvgIpc) is 3.11. The smallest absolute Gasteiger partial charge is 0.295 e. The van der Waals surface area contributed by atoms with Crippen LogP contribution in [0.1, 0.15) is 37.4 Å². The number of rotatable bonds is 10. The van der Waals surface area contributed by atoms with Crippen LogP contribution in [0, 0.1) is 10.1 Å². The molecule has 3 rings (SSSR count). The standard InChI is InChI=1S/C25H29N3O6/c1-4-26(5-2)15-6-16-27-22(17-7-11-19(12-8-17)28(32)33)21(24(30)25(27)31)23(29)18-9-13-20(34-3)14-10-18/h7-14,22,29H,4-6,15-16H2,1-3H3. The maximum absolute atomic E-state index is 13.4. The molecule has 1 aliphatic rings. The molecule has 1 amide bonds. The molecule has 0 aliphatic carbocycles. The number of likely N-dealkylation sites (tertiary alicyclic amines) is 1. The lowest BCUT2D eigenvalue weighted by Gasteiger charge is -2.28. The van der Waals surface area contributed by atoms with Crippen LogP contribution in [0.2, 0.25) is 0 Å². The fourth-order valence-corrected chi connectivity index (χ4v) is 4.23. The molecule has 1 saturated heterocycles. The lowest BCUT2D eigenvalue weighted by molar-refractivity contribution is -0.896. The van der Waals surface area contributed by atoms with Crippen molar-refractivity contribution in [2.75, 3.05) is 33.3 Å². The number of ether oxygens (including phenoxy) is 1. The van der Waals surface area contributed by atoms with Crippen LogP contribution in [0.4, 0.5) is 5.69 Å². The van der Waals surface area contributed by atoms with Crippen LogP contribution < -0.4 is 14.7 Å². The molecule has 1 unspecified atom stereocenters. The summed E-state index contributed by atoms with van der Waals surface area (Å²) < 4.78 is 5.13. The molecule has 0 saturated carbocycles. The third kappa shape index (κ3) is 5.09. The van der Waals surface area contributed by atoms with Gasteiger partial charge in [-0.2, -0.15) is 0 Å². The van der Waals surface area contributed by atoms with Crippen molar-refractivity contribution in [3.05, 3.63) is 75.3 Å². The SMILES string of the molecule is CC[NH+](CC)CCCN1C(=O)C(=O)C(=C([O-])c2ccc(OC)cc2)C1c1ccc([N+](=O)[O-])cc1. The van der Waals surface area contributed by atoms with Gasteiger partial charge in [-0.1, -0.05) is 17.9 Å². The summed E-state index contributed by atoms with van der Waals surface area (Å²) in [5.74, 6) is -1.54. The van der Waals surface area contributed by atoms with Gasteiger partial charge in [0.15, 0.2) is 0 Å². The summed E-state index contributed by atoms with van der Waals surface area (Å²) in [7, 11) is 1.51. The number of methoxy groups -OCH3 is 1. The summed E-state index contributed by atoms with van der Waals surface area (Å²) >= 11 is 0. The monoisotopic (exact) mass is 467 g/mol. The minimum atomic E-state index is -0.901. The van der Waals surface area contributed by atoms with Crippen molar-refractivity contribution in [3.8, 4) is 5.75 Å². The third-order valence-electron chi connectivity index (χ3n) is 6.23. The Kier molecular flexibility index (Phi) is 8.01. The van der Waals surface area contributed by atoms with Gasteiger partial charge in [0.1, 0.15) is 5.75 Å². The Balaban J connectivity index is 2.03. The van der Waals surface area contributed by atoms with Crippen LogP contribution in [-0.2, 0) is 9.59 Å². The molecule has 0 spiro atoms. The van der Waals surface area contributed by atoms with E-state index in [-0.39, 0.29) is 16.8 Å². The molecular weight excluding hydrogens is 438 g/mol. The van der Waals surface area contributed by atoms with Gasteiger partial charge in [-0.15, -0.1) is 0 Å². The zero-order chi connectivity index (χ0) is 24.8. The molecule has 1 heterocycles. The fraction of sp³-hybridized carbons (Fsp3) is 0.360. The molecule has 0 bridgehead atoms. The minimum absolute atomic E-state index is 0.112. The first kappa shape index (κ1) is 24.9. The van der Waals surface area contributed by atoms with Crippen LogP contribution in [-0.4, -0.2) is 54.8 Å². The highest BCUT2D eigenvalue weighted by Crippen LogP contribution is 2.39. The van der Waals surface area contributed by atoms with Gasteiger partial charge in [0.25, 0.3) is 11.6 Å². The summed E-state index contributed by atoms with van der Waals surface area (Å²) in [4.78, 5) is 39.4. The van der Waals surface area contributed by atoms with Crippen molar-refractivity contribution in [2.45, 2.75) is 26.3 Å². The highest BCUT2D eigenvalue weighted by atomic mass is 16.6. The summed E-state index contributed by atoms with van der Waals surface area (Å²) in [5, 5.41) is 24.5. The number of carbonyl (C=O) groups is 2. The topological polar surface area (TPSA) is 117 Å². The molecular formula is C25H29N3O6. The molecule has 0 radical (unpaired) electrons. The number of nitro groups is 1. The maximum Gasteiger partial charge on any atom is 0.295 e. The Bertz CT molecular complexity index is 1070. The summed E-state index contributed by atoms with van der Waals surface area (Å²) in [5.41, 5.74) is 0.494. The second kappa shape index (κ2) is 10.9. The molecule has 0 aromatic heterocycles. The summed E-state index contributed by atoms with van der Waals surface area (Å²) in [6, 6.07) is 11.0. The number of nitrogens with zero attached hydrogens (tertiary/aromatic N) is 2. The van der Waals surface area contributed by atoms with Gasteiger partial charge in [-0.25, -0.2) is 0 Å². The molecule has 2 aromatic carbocycles. The van der Waals surface area contributed by atoms with Crippen molar-refractivity contribution in [1.82, 2.24) is 4.90 Å². The fourth-order valence-electron chi connectivity index (χ4n) is 4.23. The molecule has 9 nitrogen and oxygen atoms in total. The third-order valence-corrected chi connectivity index (χ3v) is 6.23. The number of quaternary nitrogens is 1. The summed E-state index contributed by atoms with van der Waals surface area (Å²) in [6.45, 7) is 7.19. The lowest BCUT2D eigenvalue weighted by atomic mass is 9.95. The predicted molar refractivity (Wildman–Crippen MR) is 124 cm³/mol. The van der Waals surface area contributed by atoms with E-state index < -0.39 is 28.4 Å². The van der Waals surface area contributed by atoms with Crippen molar-refractivity contribution >= 4 is 23.1 Å². The first-order chi connectivity index (χ1) is 16.3. The van der Waals surface area contributed by atoms with E-state index in [0.717, 1.165) is 19.6 Å². The number of Topliss-reactive ketones (excluding diaryl/α,β-unsaturated/α-hetero) is 1. The molecule has 1 N–H and O–H groups in total. The Morgan fingerprint density at radius 1 is 1.06 bits per heavy atom. The first-order valence-corrected chi connectivity index (χ1v) is 11.3. The second-order valence-corrected chi connectivity index (χ2v) is 8.11. The second-order valence-electron chi connectivity index (χ2n) is 8.11. The Morgan fingerprint density at radius 2 is 1.68 bits per heavy atom. The first-order valence-electron chi connectivity index (χ1n) is 11.3. The Hall–Kier alpha value is -3.72. The van der Waals surface area contributed by atoms with Crippen LogP contribution in [0.25, 0.3) is 5.76 Å². The highest BCUT2D eigenvalue weighted by molar-refractivity contribution is 6.46. The van der Waals surface area contributed by atoms with Gasteiger partial charge in [-0.3, -0.25) is 19.7 Å². The van der Waals surface area contributed by atoms with Crippen LogP contribution in [0.3, 0.4) is 0 Å². The van der Waals surface area contributed by atoms with Gasteiger partial charge < -0.3 is 19.6 Å². The number of nitrogens with one attached hydrogen (secondary N) is 1. The molecule has 34 heavy (non-hydrogen) atoms. The van der Waals surface area contributed by atoms with Crippen LogP contribution in [0.5, 0.6) is 5.75 Å². The molecule has 1 fully saturated rings. The van der Waals surface area contributed by atoms with E-state index in [1.165, 1.54) is 41.2 Å². The van der Waals surface area contributed by atoms with Gasteiger partial charge in [0, 0.05) is 30.7 Å². The zero-order valence-electron chi connectivity index (χ0n) is 19.6.